The summed E-state index contributed by atoms with van der Waals surface area (Å²) < 4.78 is 0. The molecule has 3 heteroatoms. The summed E-state index contributed by atoms with van der Waals surface area (Å²) in [4.78, 5) is 13.5. The molecule has 0 atom stereocenters. The number of carboxylic acid groups (broad SMARTS) is 1. The van der Waals surface area contributed by atoms with Crippen LogP contribution in [0.1, 0.15) is 35.3 Å². The van der Waals surface area contributed by atoms with Crippen LogP contribution in [-0.4, -0.2) is 29.1 Å². The molecule has 2 rings (SSSR count). The van der Waals surface area contributed by atoms with Crippen LogP contribution < -0.4 is 0 Å². The van der Waals surface area contributed by atoms with Gasteiger partial charge >= 0.3 is 5.97 Å². The SMILES string of the molecule is CC(C)CN1CCc2c(cccc2C(=O)O)C1. The molecule has 1 heterocycles. The molecule has 0 aliphatic carbocycles. The van der Waals surface area contributed by atoms with Crippen LogP contribution in [0.3, 0.4) is 0 Å². The Morgan fingerprint density at radius 2 is 2.24 bits per heavy atom. The zero-order valence-electron chi connectivity index (χ0n) is 10.4. The Bertz CT molecular complexity index is 426. The number of nitrogens with zero attached hydrogens (tertiary/aromatic N) is 1. The van der Waals surface area contributed by atoms with E-state index in [0.29, 0.717) is 11.5 Å². The van der Waals surface area contributed by atoms with Crippen molar-refractivity contribution in [3.05, 3.63) is 34.9 Å². The molecule has 0 aromatic heterocycles. The number of carbonyl (C=O) groups is 1. The van der Waals surface area contributed by atoms with E-state index in [4.69, 9.17) is 5.11 Å². The van der Waals surface area contributed by atoms with Crippen molar-refractivity contribution in [3.63, 3.8) is 0 Å². The maximum Gasteiger partial charge on any atom is 0.335 e. The first-order chi connectivity index (χ1) is 8.08. The van der Waals surface area contributed by atoms with Gasteiger partial charge in [-0.25, -0.2) is 4.79 Å². The molecule has 1 N–H and O–H groups in total. The minimum atomic E-state index is -0.806. The first-order valence-corrected chi connectivity index (χ1v) is 6.14. The van der Waals surface area contributed by atoms with E-state index >= 15 is 0 Å². The smallest absolute Gasteiger partial charge is 0.335 e. The van der Waals surface area contributed by atoms with Crippen LogP contribution in [-0.2, 0) is 13.0 Å². The monoisotopic (exact) mass is 233 g/mol. The summed E-state index contributed by atoms with van der Waals surface area (Å²) in [5, 5.41) is 9.14. The molecule has 0 saturated carbocycles. The highest BCUT2D eigenvalue weighted by molar-refractivity contribution is 5.89. The van der Waals surface area contributed by atoms with Gasteiger partial charge in [-0.3, -0.25) is 4.90 Å². The molecule has 1 aliphatic rings. The molecule has 0 unspecified atom stereocenters. The first kappa shape index (κ1) is 12.1. The Hall–Kier alpha value is -1.35. The summed E-state index contributed by atoms with van der Waals surface area (Å²) in [5.74, 6) is -0.154. The molecule has 1 aromatic rings. The lowest BCUT2D eigenvalue weighted by molar-refractivity contribution is 0.0694. The van der Waals surface area contributed by atoms with Crippen molar-refractivity contribution in [2.24, 2.45) is 5.92 Å². The number of benzene rings is 1. The quantitative estimate of drug-likeness (QED) is 0.871. The highest BCUT2D eigenvalue weighted by Crippen LogP contribution is 2.23. The lowest BCUT2D eigenvalue weighted by Crippen LogP contribution is -2.34. The summed E-state index contributed by atoms with van der Waals surface area (Å²) in [6.45, 7) is 7.35. The van der Waals surface area contributed by atoms with Gasteiger partial charge in [0, 0.05) is 19.6 Å². The summed E-state index contributed by atoms with van der Waals surface area (Å²) in [6, 6.07) is 5.61. The third-order valence-corrected chi connectivity index (χ3v) is 3.20. The molecular weight excluding hydrogens is 214 g/mol. The molecule has 0 amide bonds. The lowest BCUT2D eigenvalue weighted by atomic mass is 9.94. The van der Waals surface area contributed by atoms with E-state index < -0.39 is 5.97 Å². The molecule has 1 aliphatic heterocycles. The average molecular weight is 233 g/mol. The number of hydrogen-bond donors (Lipinski definition) is 1. The van der Waals surface area contributed by atoms with E-state index in [9.17, 15) is 4.79 Å². The first-order valence-electron chi connectivity index (χ1n) is 6.14. The van der Waals surface area contributed by atoms with Crippen molar-refractivity contribution in [1.82, 2.24) is 4.90 Å². The topological polar surface area (TPSA) is 40.5 Å². The van der Waals surface area contributed by atoms with Gasteiger partial charge in [0.15, 0.2) is 0 Å². The van der Waals surface area contributed by atoms with Crippen LogP contribution >= 0.6 is 0 Å². The Balaban J connectivity index is 2.22. The number of aromatic carboxylic acids is 1. The predicted molar refractivity (Wildman–Crippen MR) is 67.2 cm³/mol. The maximum absolute atomic E-state index is 11.1. The fourth-order valence-corrected chi connectivity index (χ4v) is 2.54. The van der Waals surface area contributed by atoms with Crippen molar-refractivity contribution in [2.75, 3.05) is 13.1 Å². The van der Waals surface area contributed by atoms with Crippen molar-refractivity contribution in [1.29, 1.82) is 0 Å². The number of hydrogen-bond acceptors (Lipinski definition) is 2. The number of fused-ring (bicyclic) bond motifs is 1. The number of rotatable bonds is 3. The van der Waals surface area contributed by atoms with Crippen molar-refractivity contribution in [2.45, 2.75) is 26.8 Å². The van der Waals surface area contributed by atoms with Crippen LogP contribution in [0.15, 0.2) is 18.2 Å². The zero-order chi connectivity index (χ0) is 12.4. The summed E-state index contributed by atoms with van der Waals surface area (Å²) in [6.07, 6.45) is 0.852. The highest BCUT2D eigenvalue weighted by Gasteiger charge is 2.21. The van der Waals surface area contributed by atoms with E-state index in [0.717, 1.165) is 31.6 Å². The fourth-order valence-electron chi connectivity index (χ4n) is 2.54. The van der Waals surface area contributed by atoms with Gasteiger partial charge in [-0.1, -0.05) is 26.0 Å². The van der Waals surface area contributed by atoms with E-state index in [2.05, 4.69) is 18.7 Å². The molecule has 92 valence electrons. The molecule has 0 fully saturated rings. The Morgan fingerprint density at radius 1 is 1.47 bits per heavy atom. The maximum atomic E-state index is 11.1. The van der Waals surface area contributed by atoms with Gasteiger partial charge in [0.25, 0.3) is 0 Å². The van der Waals surface area contributed by atoms with Gasteiger partial charge < -0.3 is 5.11 Å². The van der Waals surface area contributed by atoms with Crippen molar-refractivity contribution in [3.8, 4) is 0 Å². The third kappa shape index (κ3) is 2.67. The van der Waals surface area contributed by atoms with Crippen molar-refractivity contribution >= 4 is 5.97 Å². The van der Waals surface area contributed by atoms with E-state index in [1.165, 1.54) is 5.56 Å². The van der Waals surface area contributed by atoms with E-state index in [1.54, 1.807) is 6.07 Å². The van der Waals surface area contributed by atoms with Gasteiger partial charge in [-0.05, 0) is 29.5 Å². The van der Waals surface area contributed by atoms with Gasteiger partial charge in [0.1, 0.15) is 0 Å². The summed E-state index contributed by atoms with van der Waals surface area (Å²) in [5.41, 5.74) is 2.68. The summed E-state index contributed by atoms with van der Waals surface area (Å²) in [7, 11) is 0. The second-order valence-electron chi connectivity index (χ2n) is 5.13. The van der Waals surface area contributed by atoms with Gasteiger partial charge in [0.2, 0.25) is 0 Å². The molecule has 17 heavy (non-hydrogen) atoms. The normalized spacial score (nSPS) is 15.9. The van der Waals surface area contributed by atoms with Crippen LogP contribution in [0.2, 0.25) is 0 Å². The van der Waals surface area contributed by atoms with Crippen LogP contribution in [0.25, 0.3) is 0 Å². The fraction of sp³-hybridized carbons (Fsp3) is 0.500. The lowest BCUT2D eigenvalue weighted by Gasteiger charge is -2.30. The largest absolute Gasteiger partial charge is 0.478 e. The minimum absolute atomic E-state index is 0.478. The second kappa shape index (κ2) is 4.88. The van der Waals surface area contributed by atoms with E-state index in [1.807, 2.05) is 12.1 Å². The second-order valence-corrected chi connectivity index (χ2v) is 5.13. The summed E-state index contributed by atoms with van der Waals surface area (Å²) >= 11 is 0. The Kier molecular flexibility index (Phi) is 3.48. The standard InChI is InChI=1S/C14H19NO2/c1-10(2)8-15-7-6-12-11(9-15)4-3-5-13(12)14(16)17/h3-5,10H,6-9H2,1-2H3,(H,16,17). The number of carboxylic acids is 1. The molecule has 1 aromatic carbocycles. The van der Waals surface area contributed by atoms with Crippen LogP contribution in [0.4, 0.5) is 0 Å². The predicted octanol–water partition coefficient (Wildman–Crippen LogP) is 2.40. The molecule has 0 saturated heterocycles. The Labute approximate surface area is 102 Å². The molecule has 0 radical (unpaired) electrons. The van der Waals surface area contributed by atoms with Crippen molar-refractivity contribution < 1.29 is 9.90 Å². The van der Waals surface area contributed by atoms with Crippen LogP contribution in [0, 0.1) is 5.92 Å². The molecule has 0 spiro atoms. The third-order valence-electron chi connectivity index (χ3n) is 3.20. The van der Waals surface area contributed by atoms with Crippen LogP contribution in [0.5, 0.6) is 0 Å². The average Bonchev–Trinajstić information content (AvgIpc) is 2.26. The minimum Gasteiger partial charge on any atom is -0.478 e. The van der Waals surface area contributed by atoms with Gasteiger partial charge in [-0.15, -0.1) is 0 Å². The van der Waals surface area contributed by atoms with Gasteiger partial charge in [0.05, 0.1) is 5.56 Å². The van der Waals surface area contributed by atoms with E-state index in [-0.39, 0.29) is 0 Å². The van der Waals surface area contributed by atoms with Gasteiger partial charge in [-0.2, -0.15) is 0 Å². The molecule has 3 nitrogen and oxygen atoms in total. The zero-order valence-corrected chi connectivity index (χ0v) is 10.4. The molecular formula is C14H19NO2. The highest BCUT2D eigenvalue weighted by atomic mass is 16.4. The Morgan fingerprint density at radius 3 is 2.88 bits per heavy atom. The molecule has 0 bridgehead atoms.